The highest BCUT2D eigenvalue weighted by atomic mass is 32.1. The summed E-state index contributed by atoms with van der Waals surface area (Å²) in [4.78, 5) is 15.7. The molecule has 0 fully saturated rings. The molecule has 0 saturated carbocycles. The van der Waals surface area contributed by atoms with Crippen molar-refractivity contribution < 1.29 is 9.47 Å². The normalized spacial score (nSPS) is 12.1. The van der Waals surface area contributed by atoms with Gasteiger partial charge in [0.25, 0.3) is 6.71 Å². The predicted molar refractivity (Wildman–Crippen MR) is 423 cm³/mol. The second kappa shape index (κ2) is 24.1. The third-order valence-corrected chi connectivity index (χ3v) is 22.7. The average molecular weight is 1320 g/mol. The second-order valence-corrected chi connectivity index (χ2v) is 28.1. The zero-order valence-electron chi connectivity index (χ0n) is 54.4. The fourth-order valence-corrected chi connectivity index (χ4v) is 17.9. The van der Waals surface area contributed by atoms with Gasteiger partial charge in [0.15, 0.2) is 17.5 Å². The van der Waals surface area contributed by atoms with Crippen LogP contribution >= 0.6 is 22.7 Å². The molecule has 2 aliphatic heterocycles. The number of aromatic nitrogens is 3. The summed E-state index contributed by atoms with van der Waals surface area (Å²) in [5, 5.41) is 5.02. The molecule has 18 aromatic rings. The molecule has 8 heteroatoms. The van der Waals surface area contributed by atoms with Crippen molar-refractivity contribution >= 4 is 86.1 Å². The molecule has 5 nitrogen and oxygen atoms in total. The van der Waals surface area contributed by atoms with Gasteiger partial charge >= 0.3 is 0 Å². The summed E-state index contributed by atoms with van der Waals surface area (Å²) in [7, 11) is 0. The molecule has 0 saturated heterocycles. The molecule has 101 heavy (non-hydrogen) atoms. The van der Waals surface area contributed by atoms with Crippen molar-refractivity contribution in [2.45, 2.75) is 0 Å². The molecular formula is C93H56BN3O2S2. The smallest absolute Gasteiger partial charge is 0.260 e. The van der Waals surface area contributed by atoms with Crippen LogP contribution in [0.2, 0.25) is 0 Å². The van der Waals surface area contributed by atoms with Gasteiger partial charge in [-0.05, 0) is 149 Å². The van der Waals surface area contributed by atoms with Crippen LogP contribution in [0.25, 0.3) is 164 Å². The maximum absolute atomic E-state index is 6.65. The van der Waals surface area contributed by atoms with Gasteiger partial charge in [-0.2, -0.15) is 0 Å². The van der Waals surface area contributed by atoms with Crippen molar-refractivity contribution in [2.24, 2.45) is 0 Å². The van der Waals surface area contributed by atoms with E-state index in [1.165, 1.54) is 90.4 Å². The van der Waals surface area contributed by atoms with Gasteiger partial charge in [-0.15, -0.1) is 22.7 Å². The summed E-state index contributed by atoms with van der Waals surface area (Å²) in [6, 6.07) is 122. The Bertz CT molecular complexity index is 6260. The van der Waals surface area contributed by atoms with Crippen molar-refractivity contribution in [3.8, 4) is 146 Å². The molecule has 0 amide bonds. The monoisotopic (exact) mass is 1320 g/mol. The summed E-state index contributed by atoms with van der Waals surface area (Å²) < 4.78 is 18.4. The lowest BCUT2D eigenvalue weighted by molar-refractivity contribution is 0.465. The Labute approximate surface area is 592 Å². The van der Waals surface area contributed by atoms with Gasteiger partial charge in [0, 0.05) is 68.1 Å². The quantitative estimate of drug-likeness (QED) is 0.121. The first kappa shape index (κ1) is 58.6. The average Bonchev–Trinajstić information content (AvgIpc) is 1.58. The molecule has 0 aliphatic carbocycles. The third-order valence-electron chi connectivity index (χ3n) is 20.1. The van der Waals surface area contributed by atoms with Crippen molar-refractivity contribution in [1.82, 2.24) is 15.0 Å². The van der Waals surface area contributed by atoms with Crippen molar-refractivity contribution in [2.75, 3.05) is 0 Å². The van der Waals surface area contributed by atoms with Gasteiger partial charge in [0.2, 0.25) is 0 Å². The summed E-state index contributed by atoms with van der Waals surface area (Å²) in [5.74, 6) is 5.29. The highest BCUT2D eigenvalue weighted by Crippen LogP contribution is 2.49. The summed E-state index contributed by atoms with van der Waals surface area (Å²) >= 11 is 3.74. The van der Waals surface area contributed by atoms with Crippen LogP contribution in [-0.2, 0) is 0 Å². The highest BCUT2D eigenvalue weighted by molar-refractivity contribution is 7.27. The number of fused-ring (bicyclic) bond motifs is 10. The minimum absolute atomic E-state index is 0.0439. The van der Waals surface area contributed by atoms with Gasteiger partial charge < -0.3 is 9.47 Å². The number of benzene rings is 15. The number of thiophene rings is 2. The van der Waals surface area contributed by atoms with E-state index >= 15 is 0 Å². The SMILES string of the molecule is c1ccc(-c2cc(-c3ccccc3)c3sc4c(-c5cccc(-c6nc(-c7ccccc7)nc(-c7cccc(-c8cccc(-c9ccc(-c%10cccc%11c%10sc%10c(-c%12ccc(-c%13cc%14c%15c(c%13)Oc%13ccccc%13B%15c%13ccccc%13O%14)cc%12)cccc%10%11)cc9)c8)c7)n6)c5)cccc4c3c2)cc1. The minimum atomic E-state index is 0.0439. The molecule has 470 valence electrons. The molecule has 20 rings (SSSR count). The Balaban J connectivity index is 0.590. The van der Waals surface area contributed by atoms with Crippen LogP contribution in [0.5, 0.6) is 23.0 Å². The van der Waals surface area contributed by atoms with Gasteiger partial charge in [-0.3, -0.25) is 0 Å². The third kappa shape index (κ3) is 10.3. The van der Waals surface area contributed by atoms with E-state index in [1.807, 2.05) is 53.0 Å². The minimum Gasteiger partial charge on any atom is -0.458 e. The fourth-order valence-electron chi connectivity index (χ4n) is 15.2. The molecule has 15 aromatic carbocycles. The molecule has 0 bridgehead atoms. The number of nitrogens with zero attached hydrogens (tertiary/aromatic N) is 3. The van der Waals surface area contributed by atoms with Gasteiger partial charge in [-0.1, -0.05) is 285 Å². The number of hydrogen-bond acceptors (Lipinski definition) is 7. The van der Waals surface area contributed by atoms with Crippen LogP contribution in [0.15, 0.2) is 340 Å². The Morgan fingerprint density at radius 2 is 0.545 bits per heavy atom. The van der Waals surface area contributed by atoms with Gasteiger partial charge in [0.1, 0.15) is 23.0 Å². The first-order valence-corrected chi connectivity index (χ1v) is 35.8. The van der Waals surface area contributed by atoms with E-state index in [1.54, 1.807) is 0 Å². The second-order valence-electron chi connectivity index (χ2n) is 26.1. The summed E-state index contributed by atoms with van der Waals surface area (Å²) in [5.41, 5.74) is 24.7. The maximum atomic E-state index is 6.65. The molecule has 0 radical (unpaired) electrons. The molecular weight excluding hydrogens is 1270 g/mol. The van der Waals surface area contributed by atoms with E-state index in [2.05, 4.69) is 309 Å². The largest absolute Gasteiger partial charge is 0.458 e. The topological polar surface area (TPSA) is 57.1 Å². The van der Waals surface area contributed by atoms with E-state index < -0.39 is 0 Å². The molecule has 5 heterocycles. The molecule has 2 aliphatic rings. The Kier molecular flexibility index (Phi) is 14.0. The van der Waals surface area contributed by atoms with Crippen LogP contribution in [0.4, 0.5) is 0 Å². The van der Waals surface area contributed by atoms with Crippen molar-refractivity contribution in [3.05, 3.63) is 340 Å². The maximum Gasteiger partial charge on any atom is 0.260 e. The first-order valence-electron chi connectivity index (χ1n) is 34.1. The zero-order chi connectivity index (χ0) is 66.5. The van der Waals surface area contributed by atoms with Crippen molar-refractivity contribution in [1.29, 1.82) is 0 Å². The number of hydrogen-bond donors (Lipinski definition) is 0. The Morgan fingerprint density at radius 3 is 1.08 bits per heavy atom. The molecule has 0 atom stereocenters. The summed E-state index contributed by atoms with van der Waals surface area (Å²) in [6.45, 7) is 0.0439. The van der Waals surface area contributed by atoms with E-state index in [4.69, 9.17) is 24.4 Å². The van der Waals surface area contributed by atoms with Crippen LogP contribution in [0, 0.1) is 0 Å². The molecule has 3 aromatic heterocycles. The van der Waals surface area contributed by atoms with E-state index in [0.717, 1.165) is 95.0 Å². The van der Waals surface area contributed by atoms with E-state index in [9.17, 15) is 0 Å². The van der Waals surface area contributed by atoms with E-state index in [0.29, 0.717) is 17.5 Å². The Hall–Kier alpha value is -12.6. The van der Waals surface area contributed by atoms with Crippen LogP contribution < -0.4 is 25.9 Å². The zero-order valence-corrected chi connectivity index (χ0v) is 56.0. The standard InChI is InChI=1S/C93H56BN3O2S2/c1-4-20-57(21-5-1)70-53-78(60-22-6-2-7-23-60)90-79(54-70)77-37-19-34-74(89(77)101-90)67-29-16-31-69(52-67)93-96-91(63-24-8-3-9-25-63)95-92(97-93)68-30-15-28-66(51-68)65-27-14-26-64(50-65)58-42-46-61(47-43-58)72-32-17-35-75-76-36-18-33-73(88(76)100-87(72)75)62-48-44-59(45-49-62)71-55-84-86-85(56-71)99-83-41-13-11-39-81(83)94(86)80-38-10-12-40-82(80)98-84/h1-56H. The first-order chi connectivity index (χ1) is 50.0. The Morgan fingerprint density at radius 1 is 0.208 bits per heavy atom. The highest BCUT2D eigenvalue weighted by Gasteiger charge is 2.40. The molecule has 0 N–H and O–H groups in total. The van der Waals surface area contributed by atoms with Crippen LogP contribution in [0.1, 0.15) is 0 Å². The number of ether oxygens (including phenoxy) is 2. The lowest BCUT2D eigenvalue weighted by Gasteiger charge is -2.33. The number of para-hydroxylation sites is 2. The molecule has 0 unspecified atom stereocenters. The van der Waals surface area contributed by atoms with E-state index in [-0.39, 0.29) is 6.71 Å². The van der Waals surface area contributed by atoms with Gasteiger partial charge in [0.05, 0.1) is 0 Å². The number of rotatable bonds is 11. The molecule has 0 spiro atoms. The van der Waals surface area contributed by atoms with Crippen LogP contribution in [0.3, 0.4) is 0 Å². The van der Waals surface area contributed by atoms with Crippen molar-refractivity contribution in [3.63, 3.8) is 0 Å². The van der Waals surface area contributed by atoms with Crippen LogP contribution in [-0.4, -0.2) is 21.7 Å². The lowest BCUT2D eigenvalue weighted by Crippen LogP contribution is -2.57. The predicted octanol–water partition coefficient (Wildman–Crippen LogP) is 23.7. The van der Waals surface area contributed by atoms with Gasteiger partial charge in [-0.25, -0.2) is 15.0 Å². The summed E-state index contributed by atoms with van der Waals surface area (Å²) in [6.07, 6.45) is 0. The fraction of sp³-hybridized carbons (Fsp3) is 0. The lowest BCUT2D eigenvalue weighted by atomic mass is 9.35.